The topological polar surface area (TPSA) is 53.7 Å². The van der Waals surface area contributed by atoms with Crippen molar-refractivity contribution in [1.29, 1.82) is 0 Å². The third-order valence-corrected chi connectivity index (χ3v) is 5.85. The molecule has 0 aliphatic rings. The van der Waals surface area contributed by atoms with Crippen molar-refractivity contribution in [2.24, 2.45) is 5.73 Å². The molecule has 1 aromatic rings. The summed E-state index contributed by atoms with van der Waals surface area (Å²) in [6.07, 6.45) is 0.944. The number of nitrogens with two attached hydrogens (primary N) is 1. The molecule has 1 unspecified atom stereocenters. The Morgan fingerprint density at radius 3 is 2.33 bits per heavy atom. The fourth-order valence-electron chi connectivity index (χ4n) is 1.61. The van der Waals surface area contributed by atoms with E-state index in [-0.39, 0.29) is 0 Å². The van der Waals surface area contributed by atoms with Gasteiger partial charge in [0.25, 0.3) is 0 Å². The van der Waals surface area contributed by atoms with E-state index in [2.05, 4.69) is 6.55 Å². The second-order valence-electron chi connectivity index (χ2n) is 4.37. The first-order chi connectivity index (χ1) is 8.63. The van der Waals surface area contributed by atoms with Gasteiger partial charge in [-0.25, -0.2) is 0 Å². The van der Waals surface area contributed by atoms with Gasteiger partial charge < -0.3 is 19.3 Å². The van der Waals surface area contributed by atoms with Crippen molar-refractivity contribution in [3.05, 3.63) is 29.8 Å². The fraction of sp³-hybridized carbons (Fsp3) is 0.538. The Morgan fingerprint density at radius 2 is 1.83 bits per heavy atom. The Morgan fingerprint density at radius 1 is 1.17 bits per heavy atom. The monoisotopic (exact) mass is 269 g/mol. The van der Waals surface area contributed by atoms with Gasteiger partial charge in [0.05, 0.1) is 13.7 Å². The molecule has 18 heavy (non-hydrogen) atoms. The number of hydrogen-bond donors (Lipinski definition) is 1. The molecule has 5 heteroatoms. The molecule has 0 spiro atoms. The van der Waals surface area contributed by atoms with E-state index in [0.717, 1.165) is 23.8 Å². The van der Waals surface area contributed by atoms with Crippen molar-refractivity contribution >= 4 is 8.56 Å². The molecular formula is C13H23NO3Si. The molecule has 0 radical (unpaired) electrons. The van der Waals surface area contributed by atoms with Gasteiger partial charge >= 0.3 is 8.56 Å². The summed E-state index contributed by atoms with van der Waals surface area (Å²) in [5.41, 5.74) is 6.65. The van der Waals surface area contributed by atoms with Crippen LogP contribution in [-0.2, 0) is 15.5 Å². The number of rotatable bonds is 8. The maximum absolute atomic E-state index is 5.96. The predicted octanol–water partition coefficient (Wildman–Crippen LogP) is 2.28. The summed E-state index contributed by atoms with van der Waals surface area (Å²) in [5, 5.41) is 0. The maximum atomic E-state index is 5.96. The van der Waals surface area contributed by atoms with E-state index >= 15 is 0 Å². The summed E-state index contributed by atoms with van der Waals surface area (Å²) >= 11 is 0. The Hall–Kier alpha value is -0.883. The highest BCUT2D eigenvalue weighted by molar-refractivity contribution is 6.65. The van der Waals surface area contributed by atoms with Crippen LogP contribution in [0.1, 0.15) is 12.0 Å². The van der Waals surface area contributed by atoms with Crippen LogP contribution in [0.15, 0.2) is 24.3 Å². The van der Waals surface area contributed by atoms with Gasteiger partial charge in [-0.3, -0.25) is 0 Å². The van der Waals surface area contributed by atoms with Crippen molar-refractivity contribution < 1.29 is 13.6 Å². The molecule has 0 saturated heterocycles. The van der Waals surface area contributed by atoms with Crippen LogP contribution in [0.5, 0.6) is 5.75 Å². The molecule has 0 aromatic heterocycles. The lowest BCUT2D eigenvalue weighted by atomic mass is 10.2. The zero-order chi connectivity index (χ0) is 13.4. The minimum Gasteiger partial charge on any atom is -0.497 e. The van der Waals surface area contributed by atoms with Crippen LogP contribution in [0.3, 0.4) is 0 Å². The normalized spacial score (nSPS) is 14.2. The second kappa shape index (κ2) is 7.53. The number of benzene rings is 1. The summed E-state index contributed by atoms with van der Waals surface area (Å²) in [6.45, 7) is 3.33. The summed E-state index contributed by atoms with van der Waals surface area (Å²) < 4.78 is 16.6. The fourth-order valence-corrected chi connectivity index (χ4v) is 3.40. The molecule has 4 nitrogen and oxygen atoms in total. The van der Waals surface area contributed by atoms with Crippen LogP contribution in [0.25, 0.3) is 0 Å². The van der Waals surface area contributed by atoms with Crippen molar-refractivity contribution in [3.63, 3.8) is 0 Å². The van der Waals surface area contributed by atoms with E-state index < -0.39 is 8.56 Å². The zero-order valence-electron chi connectivity index (χ0n) is 11.4. The second-order valence-corrected chi connectivity index (χ2v) is 7.83. The standard InChI is InChI=1S/C13H23NO3Si/c1-15-13-7-5-12(6-8-13)11-17-18(3,16-2)10-4-9-14/h5-8H,4,9-11,14H2,1-3H3. The van der Waals surface area contributed by atoms with Crippen LogP contribution < -0.4 is 10.5 Å². The van der Waals surface area contributed by atoms with Gasteiger partial charge in [-0.05, 0) is 43.3 Å². The van der Waals surface area contributed by atoms with Gasteiger partial charge in [0, 0.05) is 7.11 Å². The van der Waals surface area contributed by atoms with E-state index in [1.165, 1.54) is 0 Å². The molecule has 1 aromatic carbocycles. The first-order valence-corrected chi connectivity index (χ1v) is 8.68. The third kappa shape index (κ3) is 4.78. The van der Waals surface area contributed by atoms with Crippen LogP contribution in [0.2, 0.25) is 12.6 Å². The quantitative estimate of drug-likeness (QED) is 0.736. The lowest BCUT2D eigenvalue weighted by Crippen LogP contribution is -2.37. The van der Waals surface area contributed by atoms with Crippen LogP contribution in [0, 0.1) is 0 Å². The third-order valence-electron chi connectivity index (χ3n) is 2.97. The predicted molar refractivity (Wildman–Crippen MR) is 74.9 cm³/mol. The van der Waals surface area contributed by atoms with Gasteiger partial charge in [-0.15, -0.1) is 0 Å². The van der Waals surface area contributed by atoms with Crippen LogP contribution >= 0.6 is 0 Å². The molecule has 102 valence electrons. The molecular weight excluding hydrogens is 246 g/mol. The van der Waals surface area contributed by atoms with Crippen molar-refractivity contribution in [3.8, 4) is 5.75 Å². The first kappa shape index (κ1) is 15.2. The molecule has 2 N–H and O–H groups in total. The van der Waals surface area contributed by atoms with E-state index in [9.17, 15) is 0 Å². The van der Waals surface area contributed by atoms with Gasteiger partial charge in [0.1, 0.15) is 5.75 Å². The summed E-state index contributed by atoms with van der Waals surface area (Å²) in [5.74, 6) is 0.855. The first-order valence-electron chi connectivity index (χ1n) is 6.15. The highest BCUT2D eigenvalue weighted by Gasteiger charge is 2.29. The Bertz CT molecular complexity index is 345. The smallest absolute Gasteiger partial charge is 0.334 e. The van der Waals surface area contributed by atoms with Crippen LogP contribution in [-0.4, -0.2) is 29.3 Å². The van der Waals surface area contributed by atoms with Crippen molar-refractivity contribution in [2.75, 3.05) is 20.8 Å². The summed E-state index contributed by atoms with van der Waals surface area (Å²) in [6, 6.07) is 8.81. The maximum Gasteiger partial charge on any atom is 0.334 e. The number of ether oxygens (including phenoxy) is 1. The summed E-state index contributed by atoms with van der Waals surface area (Å²) in [4.78, 5) is 0. The molecule has 0 heterocycles. The van der Waals surface area contributed by atoms with Gasteiger partial charge in [-0.2, -0.15) is 0 Å². The molecule has 0 amide bonds. The lowest BCUT2D eigenvalue weighted by Gasteiger charge is -2.25. The van der Waals surface area contributed by atoms with Crippen LogP contribution in [0.4, 0.5) is 0 Å². The van der Waals surface area contributed by atoms with Crippen molar-refractivity contribution in [1.82, 2.24) is 0 Å². The van der Waals surface area contributed by atoms with E-state index in [1.807, 2.05) is 24.3 Å². The minimum absolute atomic E-state index is 0.575. The average molecular weight is 269 g/mol. The molecule has 1 atom stereocenters. The lowest BCUT2D eigenvalue weighted by molar-refractivity contribution is 0.194. The average Bonchev–Trinajstić information content (AvgIpc) is 2.43. The van der Waals surface area contributed by atoms with E-state index in [0.29, 0.717) is 13.2 Å². The Labute approximate surface area is 110 Å². The molecule has 1 rings (SSSR count). The molecule has 0 aliphatic heterocycles. The van der Waals surface area contributed by atoms with Crippen molar-refractivity contribution in [2.45, 2.75) is 25.6 Å². The number of methoxy groups -OCH3 is 1. The zero-order valence-corrected chi connectivity index (χ0v) is 12.4. The molecule has 0 saturated carbocycles. The number of hydrogen-bond acceptors (Lipinski definition) is 4. The SMILES string of the molecule is COc1ccc(CO[Si](C)(CCCN)OC)cc1. The largest absolute Gasteiger partial charge is 0.497 e. The van der Waals surface area contributed by atoms with Gasteiger partial charge in [0.2, 0.25) is 0 Å². The molecule has 0 bridgehead atoms. The van der Waals surface area contributed by atoms with Gasteiger partial charge in [0.15, 0.2) is 0 Å². The Kier molecular flexibility index (Phi) is 6.35. The Balaban J connectivity index is 2.50. The van der Waals surface area contributed by atoms with E-state index in [4.69, 9.17) is 19.3 Å². The van der Waals surface area contributed by atoms with Gasteiger partial charge in [-0.1, -0.05) is 12.1 Å². The highest BCUT2D eigenvalue weighted by Crippen LogP contribution is 2.18. The highest BCUT2D eigenvalue weighted by atomic mass is 28.4. The van der Waals surface area contributed by atoms with E-state index in [1.54, 1.807) is 14.2 Å². The summed E-state index contributed by atoms with van der Waals surface area (Å²) in [7, 11) is 1.32. The molecule has 0 fully saturated rings. The molecule has 0 aliphatic carbocycles. The minimum atomic E-state index is -2.06.